The molecule has 0 fully saturated rings. The van der Waals surface area contributed by atoms with Crippen LogP contribution < -0.4 is 10.6 Å². The molecule has 0 amide bonds. The van der Waals surface area contributed by atoms with Crippen LogP contribution >= 0.6 is 12.2 Å². The molecule has 2 rings (SSSR count). The van der Waals surface area contributed by atoms with Gasteiger partial charge in [0.1, 0.15) is 0 Å². The highest BCUT2D eigenvalue weighted by Gasteiger charge is 2.13. The predicted octanol–water partition coefficient (Wildman–Crippen LogP) is 5.42. The first-order valence-electron chi connectivity index (χ1n) is 8.13. The first-order valence-corrected chi connectivity index (χ1v) is 8.54. The van der Waals surface area contributed by atoms with E-state index in [1.165, 1.54) is 11.1 Å². The lowest BCUT2D eigenvalue weighted by Gasteiger charge is -2.21. The zero-order chi connectivity index (χ0) is 16.9. The van der Waals surface area contributed by atoms with E-state index in [1.807, 2.05) is 6.07 Å². The van der Waals surface area contributed by atoms with Gasteiger partial charge in [0.25, 0.3) is 0 Å². The minimum Gasteiger partial charge on any atom is -0.356 e. The zero-order valence-electron chi connectivity index (χ0n) is 14.4. The molecule has 0 aliphatic rings. The summed E-state index contributed by atoms with van der Waals surface area (Å²) in [5.41, 5.74) is 3.75. The molecule has 1 atom stereocenters. The lowest BCUT2D eigenvalue weighted by molar-refractivity contribution is 0.590. The van der Waals surface area contributed by atoms with Gasteiger partial charge < -0.3 is 10.6 Å². The van der Waals surface area contributed by atoms with Crippen molar-refractivity contribution in [3.05, 3.63) is 65.7 Å². The van der Waals surface area contributed by atoms with Crippen LogP contribution in [0, 0.1) is 0 Å². The van der Waals surface area contributed by atoms with Gasteiger partial charge in [-0.25, -0.2) is 0 Å². The van der Waals surface area contributed by atoms with Crippen LogP contribution in [0.1, 0.15) is 51.3 Å². The highest BCUT2D eigenvalue weighted by molar-refractivity contribution is 7.80. The molecule has 23 heavy (non-hydrogen) atoms. The monoisotopic (exact) mass is 326 g/mol. The van der Waals surface area contributed by atoms with Gasteiger partial charge in [-0.3, -0.25) is 0 Å². The summed E-state index contributed by atoms with van der Waals surface area (Å²) in [6.45, 7) is 8.80. The summed E-state index contributed by atoms with van der Waals surface area (Å²) in [6.07, 6.45) is 0.981. The fourth-order valence-corrected chi connectivity index (χ4v) is 2.75. The lowest BCUT2D eigenvalue weighted by Crippen LogP contribution is -2.32. The molecule has 0 saturated carbocycles. The molecule has 0 spiro atoms. The normalized spacial score (nSPS) is 12.5. The van der Waals surface area contributed by atoms with Crippen molar-refractivity contribution < 1.29 is 0 Å². The Morgan fingerprint density at radius 1 is 1.00 bits per heavy atom. The number of anilines is 1. The minimum atomic E-state index is 0.165. The fourth-order valence-electron chi connectivity index (χ4n) is 2.49. The number of thiocarbonyl (C=S) groups is 1. The molecule has 0 radical (unpaired) electrons. The quantitative estimate of drug-likeness (QED) is 0.733. The SMILES string of the molecule is CCC(NC(=S)Nc1ccc(C(C)(C)C)cc1)c1ccccc1. The summed E-state index contributed by atoms with van der Waals surface area (Å²) in [6, 6.07) is 19.1. The molecule has 0 saturated heterocycles. The van der Waals surface area contributed by atoms with Crippen molar-refractivity contribution in [1.82, 2.24) is 5.32 Å². The van der Waals surface area contributed by atoms with E-state index in [9.17, 15) is 0 Å². The summed E-state index contributed by atoms with van der Waals surface area (Å²) in [4.78, 5) is 0. The molecule has 122 valence electrons. The maximum absolute atomic E-state index is 5.46. The Labute approximate surface area is 145 Å². The molecule has 2 N–H and O–H groups in total. The van der Waals surface area contributed by atoms with Gasteiger partial charge in [-0.1, -0.05) is 70.2 Å². The molecule has 2 aromatic rings. The number of hydrogen-bond acceptors (Lipinski definition) is 1. The average molecular weight is 327 g/mol. The van der Waals surface area contributed by atoms with E-state index in [-0.39, 0.29) is 11.5 Å². The molecule has 0 heterocycles. The topological polar surface area (TPSA) is 24.1 Å². The van der Waals surface area contributed by atoms with Crippen molar-refractivity contribution in [2.45, 2.75) is 45.6 Å². The average Bonchev–Trinajstić information content (AvgIpc) is 2.53. The van der Waals surface area contributed by atoms with E-state index < -0.39 is 0 Å². The van der Waals surface area contributed by atoms with Gasteiger partial charge in [-0.05, 0) is 47.3 Å². The van der Waals surface area contributed by atoms with Crippen molar-refractivity contribution in [3.8, 4) is 0 Å². The number of rotatable bonds is 4. The van der Waals surface area contributed by atoms with E-state index in [0.717, 1.165) is 12.1 Å². The molecule has 2 aromatic carbocycles. The molecule has 0 aliphatic carbocycles. The highest BCUT2D eigenvalue weighted by atomic mass is 32.1. The second-order valence-electron chi connectivity index (χ2n) is 6.80. The van der Waals surface area contributed by atoms with E-state index in [0.29, 0.717) is 5.11 Å². The fraction of sp³-hybridized carbons (Fsp3) is 0.350. The smallest absolute Gasteiger partial charge is 0.171 e. The number of hydrogen-bond donors (Lipinski definition) is 2. The van der Waals surface area contributed by atoms with Gasteiger partial charge in [0.2, 0.25) is 0 Å². The van der Waals surface area contributed by atoms with Gasteiger partial charge in [0.05, 0.1) is 6.04 Å². The minimum absolute atomic E-state index is 0.165. The third kappa shape index (κ3) is 5.07. The van der Waals surface area contributed by atoms with Crippen molar-refractivity contribution in [1.29, 1.82) is 0 Å². The second-order valence-corrected chi connectivity index (χ2v) is 7.21. The first-order chi connectivity index (χ1) is 10.9. The summed E-state index contributed by atoms with van der Waals surface area (Å²) < 4.78 is 0. The van der Waals surface area contributed by atoms with E-state index in [1.54, 1.807) is 0 Å². The van der Waals surface area contributed by atoms with Crippen LogP contribution in [0.25, 0.3) is 0 Å². The molecule has 3 heteroatoms. The van der Waals surface area contributed by atoms with Gasteiger partial charge in [0.15, 0.2) is 5.11 Å². The largest absolute Gasteiger partial charge is 0.356 e. The maximum atomic E-state index is 5.46. The Balaban J connectivity index is 1.99. The Morgan fingerprint density at radius 2 is 1.61 bits per heavy atom. The van der Waals surface area contributed by atoms with E-state index >= 15 is 0 Å². The molecular formula is C20H26N2S. The van der Waals surface area contributed by atoms with Gasteiger partial charge in [0, 0.05) is 5.69 Å². The van der Waals surface area contributed by atoms with E-state index in [4.69, 9.17) is 12.2 Å². The second kappa shape index (κ2) is 7.60. The van der Waals surface area contributed by atoms with Crippen molar-refractivity contribution in [2.24, 2.45) is 0 Å². The molecule has 0 aromatic heterocycles. The van der Waals surface area contributed by atoms with Crippen LogP contribution in [-0.4, -0.2) is 5.11 Å². The standard InChI is InChI=1S/C20H26N2S/c1-5-18(15-9-7-6-8-10-15)22-19(23)21-17-13-11-16(12-14-17)20(2,3)4/h6-14,18H,5H2,1-4H3,(H2,21,22,23). The highest BCUT2D eigenvalue weighted by Crippen LogP contribution is 2.23. The number of nitrogens with one attached hydrogen (secondary N) is 2. The van der Waals surface area contributed by atoms with Crippen LogP contribution in [0.5, 0.6) is 0 Å². The summed E-state index contributed by atoms with van der Waals surface area (Å²) in [5, 5.41) is 7.33. The molecule has 0 aliphatic heterocycles. The summed E-state index contributed by atoms with van der Waals surface area (Å²) in [5.74, 6) is 0. The van der Waals surface area contributed by atoms with Crippen LogP contribution in [-0.2, 0) is 5.41 Å². The van der Waals surface area contributed by atoms with E-state index in [2.05, 4.69) is 86.9 Å². The Kier molecular flexibility index (Phi) is 5.78. The van der Waals surface area contributed by atoms with Crippen LogP contribution in [0.4, 0.5) is 5.69 Å². The molecule has 2 nitrogen and oxygen atoms in total. The third-order valence-corrected chi connectivity index (χ3v) is 4.14. The Bertz CT molecular complexity index is 627. The van der Waals surface area contributed by atoms with Crippen LogP contribution in [0.15, 0.2) is 54.6 Å². The molecular weight excluding hydrogens is 300 g/mol. The Morgan fingerprint density at radius 3 is 2.13 bits per heavy atom. The van der Waals surface area contributed by atoms with Gasteiger partial charge in [-0.15, -0.1) is 0 Å². The van der Waals surface area contributed by atoms with Crippen molar-refractivity contribution in [3.63, 3.8) is 0 Å². The lowest BCUT2D eigenvalue weighted by atomic mass is 9.87. The van der Waals surface area contributed by atoms with Gasteiger partial charge >= 0.3 is 0 Å². The molecule has 1 unspecified atom stereocenters. The predicted molar refractivity (Wildman–Crippen MR) is 104 cm³/mol. The maximum Gasteiger partial charge on any atom is 0.171 e. The Hall–Kier alpha value is -1.87. The van der Waals surface area contributed by atoms with Crippen molar-refractivity contribution >= 4 is 23.0 Å². The number of benzene rings is 2. The third-order valence-electron chi connectivity index (χ3n) is 3.92. The van der Waals surface area contributed by atoms with Gasteiger partial charge in [-0.2, -0.15) is 0 Å². The summed E-state index contributed by atoms with van der Waals surface area (Å²) in [7, 11) is 0. The van der Waals surface area contributed by atoms with Crippen molar-refractivity contribution in [2.75, 3.05) is 5.32 Å². The molecule has 0 bridgehead atoms. The first kappa shape index (κ1) is 17.5. The van der Waals surface area contributed by atoms with Crippen LogP contribution in [0.3, 0.4) is 0 Å². The van der Waals surface area contributed by atoms with Crippen LogP contribution in [0.2, 0.25) is 0 Å². The summed E-state index contributed by atoms with van der Waals surface area (Å²) >= 11 is 5.46. The zero-order valence-corrected chi connectivity index (χ0v) is 15.2.